The van der Waals surface area contributed by atoms with Gasteiger partial charge in [0.1, 0.15) is 5.56 Å². The largest absolute Gasteiger partial charge is 0.379 e. The number of aromatic nitrogens is 1. The molecule has 6 heteroatoms. The maximum atomic E-state index is 12.2. The summed E-state index contributed by atoms with van der Waals surface area (Å²) in [6.45, 7) is 8.45. The number of aryl methyl sites for hydroxylation is 1. The lowest BCUT2D eigenvalue weighted by Gasteiger charge is -2.10. The van der Waals surface area contributed by atoms with Gasteiger partial charge >= 0.3 is 0 Å². The summed E-state index contributed by atoms with van der Waals surface area (Å²) in [4.78, 5) is 12.2. The minimum absolute atomic E-state index is 0.124. The third-order valence-electron chi connectivity index (χ3n) is 3.72. The molecule has 0 spiro atoms. The highest BCUT2D eigenvalue weighted by molar-refractivity contribution is 5.96. The van der Waals surface area contributed by atoms with Gasteiger partial charge in [-0.2, -0.15) is 0 Å². The zero-order valence-corrected chi connectivity index (χ0v) is 13.7. The average Bonchev–Trinajstić information content (AvgIpc) is 3.11. The third-order valence-corrected chi connectivity index (χ3v) is 3.72. The van der Waals surface area contributed by atoms with E-state index < -0.39 is 0 Å². The molecular formula is C16H26N2O4. The number of nitrogens with zero attached hydrogens (tertiary/aromatic N) is 1. The molecule has 0 aliphatic carbocycles. The number of ether oxygens (including phenoxy) is 2. The molecule has 1 amide bonds. The quantitative estimate of drug-likeness (QED) is 0.746. The van der Waals surface area contributed by atoms with Crippen molar-refractivity contribution in [1.29, 1.82) is 0 Å². The summed E-state index contributed by atoms with van der Waals surface area (Å²) >= 11 is 0. The van der Waals surface area contributed by atoms with Crippen LogP contribution >= 0.6 is 0 Å². The Morgan fingerprint density at radius 3 is 3.00 bits per heavy atom. The Kier molecular flexibility index (Phi) is 6.39. The van der Waals surface area contributed by atoms with Crippen molar-refractivity contribution in [2.24, 2.45) is 0 Å². The molecule has 1 fully saturated rings. The predicted octanol–water partition coefficient (Wildman–Crippen LogP) is 2.42. The molecule has 1 aliphatic heterocycles. The molecule has 1 aromatic heterocycles. The molecule has 0 aromatic carbocycles. The van der Waals surface area contributed by atoms with Crippen molar-refractivity contribution in [2.45, 2.75) is 52.1 Å². The Labute approximate surface area is 131 Å². The van der Waals surface area contributed by atoms with Gasteiger partial charge in [0.25, 0.3) is 5.91 Å². The van der Waals surface area contributed by atoms with Crippen LogP contribution in [0.1, 0.15) is 60.8 Å². The molecule has 22 heavy (non-hydrogen) atoms. The van der Waals surface area contributed by atoms with Crippen molar-refractivity contribution in [1.82, 2.24) is 10.5 Å². The van der Waals surface area contributed by atoms with E-state index in [1.807, 2.05) is 13.8 Å². The Morgan fingerprint density at radius 1 is 1.50 bits per heavy atom. The first-order chi connectivity index (χ1) is 10.6. The van der Waals surface area contributed by atoms with E-state index in [1.54, 1.807) is 6.92 Å². The number of amides is 1. The van der Waals surface area contributed by atoms with Crippen molar-refractivity contribution in [2.75, 3.05) is 26.4 Å². The summed E-state index contributed by atoms with van der Waals surface area (Å²) < 4.78 is 16.3. The summed E-state index contributed by atoms with van der Waals surface area (Å²) in [5, 5.41) is 6.79. The van der Waals surface area contributed by atoms with Crippen molar-refractivity contribution < 1.29 is 18.8 Å². The van der Waals surface area contributed by atoms with E-state index in [9.17, 15) is 4.79 Å². The van der Waals surface area contributed by atoms with Gasteiger partial charge in [-0.1, -0.05) is 19.0 Å². The molecule has 0 saturated carbocycles. The first-order valence-electron chi connectivity index (χ1n) is 8.03. The topological polar surface area (TPSA) is 73.6 Å². The zero-order valence-electron chi connectivity index (χ0n) is 13.7. The van der Waals surface area contributed by atoms with E-state index in [4.69, 9.17) is 14.0 Å². The predicted molar refractivity (Wildman–Crippen MR) is 82.1 cm³/mol. The van der Waals surface area contributed by atoms with E-state index in [0.717, 1.165) is 25.9 Å². The summed E-state index contributed by atoms with van der Waals surface area (Å²) in [5.74, 6) is 0.655. The highest BCUT2D eigenvalue weighted by Crippen LogP contribution is 2.21. The molecule has 1 aromatic rings. The minimum atomic E-state index is -0.124. The van der Waals surface area contributed by atoms with E-state index in [-0.39, 0.29) is 17.9 Å². The van der Waals surface area contributed by atoms with E-state index in [0.29, 0.717) is 36.8 Å². The number of hydrogen-bond acceptors (Lipinski definition) is 5. The van der Waals surface area contributed by atoms with Gasteiger partial charge in [0, 0.05) is 25.7 Å². The molecule has 6 nitrogen and oxygen atoms in total. The highest BCUT2D eigenvalue weighted by Gasteiger charge is 2.22. The maximum Gasteiger partial charge on any atom is 0.256 e. The third kappa shape index (κ3) is 4.55. The van der Waals surface area contributed by atoms with Crippen LogP contribution in [0, 0.1) is 6.92 Å². The second kappa shape index (κ2) is 8.29. The normalized spacial score (nSPS) is 18.1. The molecule has 2 heterocycles. The maximum absolute atomic E-state index is 12.2. The standard InChI is InChI=1S/C16H26N2O4/c1-11(2)15-14(12(3)18-22-15)16(19)17-7-5-8-20-10-13-6-4-9-21-13/h11,13H,4-10H2,1-3H3,(H,17,19)/t13-/m1/s1. The van der Waals surface area contributed by atoms with E-state index >= 15 is 0 Å². The SMILES string of the molecule is Cc1noc(C(C)C)c1C(=O)NCCCOC[C@H]1CCCO1. The van der Waals surface area contributed by atoms with Crippen molar-refractivity contribution in [3.8, 4) is 0 Å². The molecule has 2 rings (SSSR count). The van der Waals surface area contributed by atoms with Gasteiger partial charge in [-0.25, -0.2) is 0 Å². The summed E-state index contributed by atoms with van der Waals surface area (Å²) in [7, 11) is 0. The Morgan fingerprint density at radius 2 is 2.32 bits per heavy atom. The number of carbonyl (C=O) groups excluding carboxylic acids is 1. The van der Waals surface area contributed by atoms with Crippen LogP contribution in [0.25, 0.3) is 0 Å². The molecule has 0 bridgehead atoms. The first kappa shape index (κ1) is 17.0. The molecular weight excluding hydrogens is 284 g/mol. The molecule has 124 valence electrons. The average molecular weight is 310 g/mol. The monoisotopic (exact) mass is 310 g/mol. The van der Waals surface area contributed by atoms with Gasteiger partial charge in [0.15, 0.2) is 5.76 Å². The lowest BCUT2D eigenvalue weighted by atomic mass is 10.0. The Balaban J connectivity index is 1.66. The molecule has 0 unspecified atom stereocenters. The first-order valence-corrected chi connectivity index (χ1v) is 8.03. The number of hydrogen-bond donors (Lipinski definition) is 1. The molecule has 0 radical (unpaired) electrons. The fraction of sp³-hybridized carbons (Fsp3) is 0.750. The second-order valence-corrected chi connectivity index (χ2v) is 5.98. The van der Waals surface area contributed by atoms with Crippen LogP contribution in [-0.2, 0) is 9.47 Å². The van der Waals surface area contributed by atoms with Crippen LogP contribution in [0.5, 0.6) is 0 Å². The fourth-order valence-corrected chi connectivity index (χ4v) is 2.51. The second-order valence-electron chi connectivity index (χ2n) is 5.98. The lowest BCUT2D eigenvalue weighted by molar-refractivity contribution is 0.0166. The Hall–Kier alpha value is -1.40. The summed E-state index contributed by atoms with van der Waals surface area (Å²) in [6, 6.07) is 0. The highest BCUT2D eigenvalue weighted by atomic mass is 16.5. The van der Waals surface area contributed by atoms with Crippen molar-refractivity contribution >= 4 is 5.91 Å². The number of nitrogens with one attached hydrogen (secondary N) is 1. The van der Waals surface area contributed by atoms with Gasteiger partial charge in [-0.3, -0.25) is 4.79 Å². The molecule has 1 N–H and O–H groups in total. The Bertz CT molecular complexity index is 478. The number of rotatable bonds is 8. The van der Waals surface area contributed by atoms with Gasteiger partial charge in [0.2, 0.25) is 0 Å². The number of carbonyl (C=O) groups is 1. The minimum Gasteiger partial charge on any atom is -0.379 e. The summed E-state index contributed by atoms with van der Waals surface area (Å²) in [6.07, 6.45) is 3.24. The van der Waals surface area contributed by atoms with Crippen LogP contribution in [0.2, 0.25) is 0 Å². The van der Waals surface area contributed by atoms with Crippen LogP contribution in [-0.4, -0.2) is 43.5 Å². The zero-order chi connectivity index (χ0) is 15.9. The van der Waals surface area contributed by atoms with Gasteiger partial charge in [-0.15, -0.1) is 0 Å². The molecule has 1 atom stereocenters. The molecule has 1 saturated heterocycles. The van der Waals surface area contributed by atoms with E-state index in [1.165, 1.54) is 0 Å². The smallest absolute Gasteiger partial charge is 0.256 e. The molecule has 1 aliphatic rings. The van der Waals surface area contributed by atoms with Crippen molar-refractivity contribution in [3.63, 3.8) is 0 Å². The van der Waals surface area contributed by atoms with Crippen LogP contribution in [0.3, 0.4) is 0 Å². The summed E-state index contributed by atoms with van der Waals surface area (Å²) in [5.41, 5.74) is 1.20. The van der Waals surface area contributed by atoms with E-state index in [2.05, 4.69) is 10.5 Å². The van der Waals surface area contributed by atoms with Crippen LogP contribution in [0.15, 0.2) is 4.52 Å². The lowest BCUT2D eigenvalue weighted by Crippen LogP contribution is -2.27. The van der Waals surface area contributed by atoms with Crippen molar-refractivity contribution in [3.05, 3.63) is 17.0 Å². The van der Waals surface area contributed by atoms with Gasteiger partial charge < -0.3 is 19.3 Å². The van der Waals surface area contributed by atoms with Gasteiger partial charge in [-0.05, 0) is 26.2 Å². The fourth-order valence-electron chi connectivity index (χ4n) is 2.51. The van der Waals surface area contributed by atoms with Crippen LogP contribution in [0.4, 0.5) is 0 Å². The van der Waals surface area contributed by atoms with Crippen LogP contribution < -0.4 is 5.32 Å². The van der Waals surface area contributed by atoms with Gasteiger partial charge in [0.05, 0.1) is 18.4 Å².